The molecular formula is C40H72N2O7. The molecule has 4 N–H and O–H groups in total. The van der Waals surface area contributed by atoms with E-state index in [1.54, 1.807) is 0 Å². The molecule has 0 aromatic heterocycles. The Bertz CT molecular complexity index is 890. The zero-order valence-electron chi connectivity index (χ0n) is 31.2. The molecule has 0 aromatic rings. The van der Waals surface area contributed by atoms with Crippen LogP contribution in [-0.4, -0.2) is 59.3 Å². The molecule has 0 bridgehead atoms. The van der Waals surface area contributed by atoms with Gasteiger partial charge < -0.3 is 25.6 Å². The Labute approximate surface area is 298 Å². The molecule has 0 aromatic carbocycles. The zero-order chi connectivity index (χ0) is 36.2. The standard InChI is InChI=1S/C40H72N2O7/c1-3-5-7-9-10-11-12-13-14-15-16-17-18-19-20-22-28-32-39(46)49-35(29-25-21-8-6-4-2)30-26-23-24-27-31-37(44)41-33-38(45)42-36(34-43)40(47)48/h13-14,25,29,35-36,43H,3-12,15-24,26-28,30-34H2,1-2H3,(H,41,44)(H,42,45)(H,47,48)/b14-13-,29-25-. The number of carbonyl (C=O) groups is 4. The van der Waals surface area contributed by atoms with E-state index in [-0.39, 0.29) is 30.9 Å². The predicted molar refractivity (Wildman–Crippen MR) is 199 cm³/mol. The minimum absolute atomic E-state index is 0.120. The van der Waals surface area contributed by atoms with Crippen molar-refractivity contribution in [2.24, 2.45) is 0 Å². The highest BCUT2D eigenvalue weighted by atomic mass is 16.5. The van der Waals surface area contributed by atoms with Crippen LogP contribution in [0.5, 0.6) is 0 Å². The third-order valence-electron chi connectivity index (χ3n) is 8.66. The third-order valence-corrected chi connectivity index (χ3v) is 8.66. The van der Waals surface area contributed by atoms with Gasteiger partial charge in [0.2, 0.25) is 11.8 Å². The second-order valence-corrected chi connectivity index (χ2v) is 13.4. The first-order valence-corrected chi connectivity index (χ1v) is 19.7. The van der Waals surface area contributed by atoms with Gasteiger partial charge in [-0.15, -0.1) is 0 Å². The number of nitrogens with one attached hydrogen (secondary N) is 2. The van der Waals surface area contributed by atoms with Crippen LogP contribution in [0, 0.1) is 0 Å². The van der Waals surface area contributed by atoms with E-state index in [9.17, 15) is 19.2 Å². The zero-order valence-corrected chi connectivity index (χ0v) is 31.2. The van der Waals surface area contributed by atoms with Crippen LogP contribution < -0.4 is 10.6 Å². The van der Waals surface area contributed by atoms with Gasteiger partial charge in [-0.1, -0.05) is 122 Å². The minimum Gasteiger partial charge on any atom is -0.480 e. The summed E-state index contributed by atoms with van der Waals surface area (Å²) in [6.45, 7) is 3.39. The fourth-order valence-electron chi connectivity index (χ4n) is 5.56. The first-order valence-electron chi connectivity index (χ1n) is 19.7. The van der Waals surface area contributed by atoms with Crippen molar-refractivity contribution in [1.82, 2.24) is 10.6 Å². The maximum absolute atomic E-state index is 12.6. The van der Waals surface area contributed by atoms with Crippen molar-refractivity contribution in [2.75, 3.05) is 13.2 Å². The number of aliphatic carboxylic acids is 1. The van der Waals surface area contributed by atoms with Crippen molar-refractivity contribution in [3.8, 4) is 0 Å². The van der Waals surface area contributed by atoms with Gasteiger partial charge in [0.15, 0.2) is 0 Å². The largest absolute Gasteiger partial charge is 0.480 e. The monoisotopic (exact) mass is 693 g/mol. The summed E-state index contributed by atoms with van der Waals surface area (Å²) in [5, 5.41) is 22.5. The Morgan fingerprint density at radius 3 is 1.69 bits per heavy atom. The summed E-state index contributed by atoms with van der Waals surface area (Å²) in [6, 6.07) is -1.39. The van der Waals surface area contributed by atoms with Crippen LogP contribution in [0.4, 0.5) is 0 Å². The lowest BCUT2D eigenvalue weighted by Crippen LogP contribution is -2.47. The SMILES string of the molecule is CCCCC/C=C\C(CCCCCCC(=O)NCC(=O)NC(CO)C(=O)O)OC(=O)CCCCCCCCC/C=C\CCCCCCCC. The minimum atomic E-state index is -1.39. The number of carboxylic acid groups (broad SMARTS) is 1. The van der Waals surface area contributed by atoms with Crippen molar-refractivity contribution in [2.45, 2.75) is 193 Å². The fourth-order valence-corrected chi connectivity index (χ4v) is 5.56. The number of unbranched alkanes of at least 4 members (excludes halogenated alkanes) is 19. The van der Waals surface area contributed by atoms with Crippen LogP contribution >= 0.6 is 0 Å². The Morgan fingerprint density at radius 2 is 1.10 bits per heavy atom. The molecule has 9 nitrogen and oxygen atoms in total. The van der Waals surface area contributed by atoms with E-state index in [0.29, 0.717) is 12.8 Å². The third kappa shape index (κ3) is 32.3. The molecule has 0 saturated carbocycles. The number of aliphatic hydroxyl groups is 1. The molecule has 2 atom stereocenters. The average molecular weight is 693 g/mol. The Morgan fingerprint density at radius 1 is 0.612 bits per heavy atom. The molecule has 0 aliphatic rings. The molecule has 2 amide bonds. The number of hydrogen-bond donors (Lipinski definition) is 4. The van der Waals surface area contributed by atoms with Gasteiger partial charge in [0.25, 0.3) is 0 Å². The van der Waals surface area contributed by atoms with Crippen LogP contribution in [0.1, 0.15) is 181 Å². The van der Waals surface area contributed by atoms with Crippen LogP contribution in [0.15, 0.2) is 24.3 Å². The lowest BCUT2D eigenvalue weighted by Gasteiger charge is -2.15. The average Bonchev–Trinajstić information content (AvgIpc) is 3.08. The molecule has 0 aliphatic carbocycles. The summed E-state index contributed by atoms with van der Waals surface area (Å²) in [6.07, 6.45) is 36.7. The van der Waals surface area contributed by atoms with E-state index >= 15 is 0 Å². The molecule has 2 unspecified atom stereocenters. The molecule has 0 fully saturated rings. The molecule has 0 aliphatic heterocycles. The van der Waals surface area contributed by atoms with Crippen LogP contribution in [-0.2, 0) is 23.9 Å². The second-order valence-electron chi connectivity index (χ2n) is 13.4. The van der Waals surface area contributed by atoms with Crippen molar-refractivity contribution in [3.05, 3.63) is 24.3 Å². The summed E-state index contributed by atoms with van der Waals surface area (Å²) in [4.78, 5) is 47.3. The van der Waals surface area contributed by atoms with E-state index in [4.69, 9.17) is 14.9 Å². The molecule has 0 rings (SSSR count). The number of allylic oxidation sites excluding steroid dienone is 3. The van der Waals surface area contributed by atoms with Gasteiger partial charge in [-0.3, -0.25) is 14.4 Å². The Balaban J connectivity index is 4.09. The number of aliphatic hydroxyl groups excluding tert-OH is 1. The van der Waals surface area contributed by atoms with Crippen LogP contribution in [0.25, 0.3) is 0 Å². The fraction of sp³-hybridized carbons (Fsp3) is 0.800. The summed E-state index contributed by atoms with van der Waals surface area (Å²) in [5.41, 5.74) is 0. The number of esters is 1. The van der Waals surface area contributed by atoms with Crippen molar-refractivity contribution in [1.29, 1.82) is 0 Å². The van der Waals surface area contributed by atoms with E-state index in [1.807, 2.05) is 6.08 Å². The predicted octanol–water partition coefficient (Wildman–Crippen LogP) is 8.87. The van der Waals surface area contributed by atoms with Crippen molar-refractivity contribution < 1.29 is 34.1 Å². The van der Waals surface area contributed by atoms with Crippen LogP contribution in [0.3, 0.4) is 0 Å². The van der Waals surface area contributed by atoms with Crippen molar-refractivity contribution >= 4 is 23.8 Å². The summed E-state index contributed by atoms with van der Waals surface area (Å²) >= 11 is 0. The van der Waals surface area contributed by atoms with E-state index in [2.05, 4.69) is 42.7 Å². The molecule has 284 valence electrons. The lowest BCUT2D eigenvalue weighted by atomic mass is 10.1. The molecule has 0 radical (unpaired) electrons. The van der Waals surface area contributed by atoms with E-state index in [0.717, 1.165) is 51.4 Å². The molecule has 0 heterocycles. The number of carbonyl (C=O) groups excluding carboxylic acids is 3. The highest BCUT2D eigenvalue weighted by Crippen LogP contribution is 2.15. The molecule has 0 saturated heterocycles. The number of carboxylic acids is 1. The number of rotatable bonds is 35. The number of amides is 2. The maximum atomic E-state index is 12.6. The van der Waals surface area contributed by atoms with E-state index < -0.39 is 24.5 Å². The van der Waals surface area contributed by atoms with E-state index in [1.165, 1.54) is 96.3 Å². The smallest absolute Gasteiger partial charge is 0.328 e. The number of hydrogen-bond acceptors (Lipinski definition) is 6. The summed E-state index contributed by atoms with van der Waals surface area (Å²) < 4.78 is 5.85. The molecule has 9 heteroatoms. The molecular weight excluding hydrogens is 620 g/mol. The molecule has 0 spiro atoms. The highest BCUT2D eigenvalue weighted by Gasteiger charge is 2.18. The number of ether oxygens (including phenoxy) is 1. The topological polar surface area (TPSA) is 142 Å². The van der Waals surface area contributed by atoms with Gasteiger partial charge in [-0.05, 0) is 70.3 Å². The summed E-state index contributed by atoms with van der Waals surface area (Å²) in [7, 11) is 0. The second kappa shape index (κ2) is 35.2. The van der Waals surface area contributed by atoms with Gasteiger partial charge in [0.05, 0.1) is 13.2 Å². The van der Waals surface area contributed by atoms with Crippen molar-refractivity contribution in [3.63, 3.8) is 0 Å². The van der Waals surface area contributed by atoms with Gasteiger partial charge in [0, 0.05) is 12.8 Å². The van der Waals surface area contributed by atoms with Crippen LogP contribution in [0.2, 0.25) is 0 Å². The lowest BCUT2D eigenvalue weighted by molar-refractivity contribution is -0.147. The Kier molecular flexibility index (Phi) is 33.2. The quantitative estimate of drug-likeness (QED) is 0.0295. The first kappa shape index (κ1) is 46.3. The first-order chi connectivity index (χ1) is 23.8. The maximum Gasteiger partial charge on any atom is 0.328 e. The molecule has 49 heavy (non-hydrogen) atoms. The summed E-state index contributed by atoms with van der Waals surface area (Å²) in [5.74, 6) is -2.41. The normalized spacial score (nSPS) is 12.7. The van der Waals surface area contributed by atoms with Gasteiger partial charge in [-0.2, -0.15) is 0 Å². The Hall–Kier alpha value is -2.68. The van der Waals surface area contributed by atoms with Gasteiger partial charge in [0.1, 0.15) is 12.1 Å². The van der Waals surface area contributed by atoms with Gasteiger partial charge in [-0.25, -0.2) is 4.79 Å². The highest BCUT2D eigenvalue weighted by molar-refractivity contribution is 5.87. The van der Waals surface area contributed by atoms with Gasteiger partial charge >= 0.3 is 11.9 Å².